The molecule has 0 aliphatic rings. The van der Waals surface area contributed by atoms with Crippen LogP contribution in [0.1, 0.15) is 14.5 Å². The van der Waals surface area contributed by atoms with E-state index in [9.17, 15) is 13.2 Å². The Balaban J connectivity index is 1.89. The molecule has 114 valence electrons. The predicted molar refractivity (Wildman–Crippen MR) is 91.4 cm³/mol. The van der Waals surface area contributed by atoms with E-state index in [4.69, 9.17) is 5.14 Å². The van der Waals surface area contributed by atoms with Gasteiger partial charge in [-0.05, 0) is 56.5 Å². The molecule has 2 aromatic heterocycles. The van der Waals surface area contributed by atoms with Crippen molar-refractivity contribution >= 4 is 70.5 Å². The fourth-order valence-corrected chi connectivity index (χ4v) is 5.22. The normalized spacial score (nSPS) is 11.6. The largest absolute Gasteiger partial charge is 0.351 e. The molecular formula is C11H10Br2N2O3S3. The lowest BCUT2D eigenvalue weighted by Gasteiger charge is -2.01. The number of carbonyl (C=O) groups excluding carboxylic acids is 1. The molecular weight excluding hydrogens is 464 g/mol. The second-order valence-electron chi connectivity index (χ2n) is 4.00. The minimum atomic E-state index is -3.65. The highest BCUT2D eigenvalue weighted by atomic mass is 79.9. The van der Waals surface area contributed by atoms with Crippen molar-refractivity contribution in [3.63, 3.8) is 0 Å². The number of sulfonamides is 1. The Morgan fingerprint density at radius 2 is 2.00 bits per heavy atom. The van der Waals surface area contributed by atoms with Crippen LogP contribution < -0.4 is 10.5 Å². The van der Waals surface area contributed by atoms with Crippen LogP contribution in [0, 0.1) is 0 Å². The van der Waals surface area contributed by atoms with Crippen molar-refractivity contribution in [2.45, 2.75) is 10.6 Å². The predicted octanol–water partition coefficient (Wildman–Crippen LogP) is 2.95. The van der Waals surface area contributed by atoms with Crippen LogP contribution in [0.5, 0.6) is 0 Å². The van der Waals surface area contributed by atoms with Gasteiger partial charge in [0.05, 0.1) is 8.66 Å². The molecule has 0 spiro atoms. The maximum absolute atomic E-state index is 11.9. The second kappa shape index (κ2) is 6.88. The SMILES string of the molecule is NS(=O)(=O)c1ccc(CCNC(=O)c2cc(Br)c(Br)s2)s1. The van der Waals surface area contributed by atoms with Crippen LogP contribution in [-0.2, 0) is 16.4 Å². The van der Waals surface area contributed by atoms with E-state index in [1.807, 2.05) is 0 Å². The van der Waals surface area contributed by atoms with Crippen LogP contribution in [0.3, 0.4) is 0 Å². The quantitative estimate of drug-likeness (QED) is 0.699. The lowest BCUT2D eigenvalue weighted by atomic mass is 10.3. The summed E-state index contributed by atoms with van der Waals surface area (Å²) in [6.45, 7) is 0.427. The summed E-state index contributed by atoms with van der Waals surface area (Å²) in [5.74, 6) is -0.158. The van der Waals surface area contributed by atoms with Gasteiger partial charge in [0.15, 0.2) is 0 Å². The zero-order valence-electron chi connectivity index (χ0n) is 10.4. The number of carbonyl (C=O) groups is 1. The van der Waals surface area contributed by atoms with Crippen LogP contribution >= 0.6 is 54.5 Å². The van der Waals surface area contributed by atoms with Gasteiger partial charge >= 0.3 is 0 Å². The molecule has 10 heteroatoms. The Hall–Kier alpha value is -0.260. The van der Waals surface area contributed by atoms with Crippen molar-refractivity contribution in [2.24, 2.45) is 5.14 Å². The van der Waals surface area contributed by atoms with E-state index in [0.717, 1.165) is 24.5 Å². The molecule has 0 aliphatic carbocycles. The number of primary sulfonamides is 1. The van der Waals surface area contributed by atoms with Gasteiger partial charge in [0.1, 0.15) is 4.21 Å². The van der Waals surface area contributed by atoms with E-state index in [0.29, 0.717) is 17.8 Å². The molecule has 5 nitrogen and oxygen atoms in total. The van der Waals surface area contributed by atoms with Gasteiger partial charge in [0, 0.05) is 15.9 Å². The fraction of sp³-hybridized carbons (Fsp3) is 0.182. The van der Waals surface area contributed by atoms with Crippen molar-refractivity contribution in [3.05, 3.63) is 36.2 Å². The van der Waals surface area contributed by atoms with Crippen LogP contribution in [0.25, 0.3) is 0 Å². The first kappa shape index (κ1) is 17.1. The summed E-state index contributed by atoms with van der Waals surface area (Å²) in [5, 5.41) is 7.84. The van der Waals surface area contributed by atoms with Crippen LogP contribution in [-0.4, -0.2) is 20.9 Å². The number of hydrogen-bond donors (Lipinski definition) is 2. The molecule has 1 amide bonds. The van der Waals surface area contributed by atoms with E-state index in [1.54, 1.807) is 12.1 Å². The van der Waals surface area contributed by atoms with E-state index >= 15 is 0 Å². The van der Waals surface area contributed by atoms with Crippen LogP contribution in [0.15, 0.2) is 30.7 Å². The number of rotatable bonds is 5. The first-order valence-electron chi connectivity index (χ1n) is 5.62. The minimum absolute atomic E-state index is 0.134. The molecule has 2 heterocycles. The number of amides is 1. The first-order chi connectivity index (χ1) is 9.77. The van der Waals surface area contributed by atoms with Gasteiger partial charge in [-0.15, -0.1) is 22.7 Å². The smallest absolute Gasteiger partial charge is 0.261 e. The Labute approximate surface area is 146 Å². The molecule has 0 aliphatic heterocycles. The van der Waals surface area contributed by atoms with Crippen molar-refractivity contribution in [2.75, 3.05) is 6.54 Å². The van der Waals surface area contributed by atoms with Crippen LogP contribution in [0.2, 0.25) is 0 Å². The summed E-state index contributed by atoms with van der Waals surface area (Å²) in [7, 11) is -3.65. The number of nitrogens with one attached hydrogen (secondary N) is 1. The molecule has 0 saturated carbocycles. The first-order valence-corrected chi connectivity index (χ1v) is 10.4. The van der Waals surface area contributed by atoms with Gasteiger partial charge in [-0.3, -0.25) is 4.79 Å². The van der Waals surface area contributed by atoms with E-state index in [2.05, 4.69) is 37.2 Å². The van der Waals surface area contributed by atoms with Gasteiger partial charge < -0.3 is 5.32 Å². The standard InChI is InChI=1S/C11H10Br2N2O3S3/c12-7-5-8(20-10(7)13)11(16)15-4-3-6-1-2-9(19-6)21(14,17)18/h1-2,5H,3-4H2,(H,15,16)(H2,14,17,18). The highest BCUT2D eigenvalue weighted by molar-refractivity contribution is 9.13. The fourth-order valence-electron chi connectivity index (χ4n) is 1.49. The van der Waals surface area contributed by atoms with Gasteiger partial charge in [0.2, 0.25) is 10.0 Å². The molecule has 0 aromatic carbocycles. The van der Waals surface area contributed by atoms with Crippen molar-refractivity contribution in [3.8, 4) is 0 Å². The zero-order chi connectivity index (χ0) is 15.6. The molecule has 0 radical (unpaired) electrons. The maximum atomic E-state index is 11.9. The van der Waals surface area contributed by atoms with Crippen molar-refractivity contribution in [1.29, 1.82) is 0 Å². The summed E-state index contributed by atoms with van der Waals surface area (Å²) in [4.78, 5) is 13.4. The van der Waals surface area contributed by atoms with Crippen LogP contribution in [0.4, 0.5) is 0 Å². The zero-order valence-corrected chi connectivity index (χ0v) is 16.1. The van der Waals surface area contributed by atoms with E-state index < -0.39 is 10.0 Å². The average molecular weight is 474 g/mol. The number of nitrogens with two attached hydrogens (primary N) is 1. The summed E-state index contributed by atoms with van der Waals surface area (Å²) >= 11 is 9.12. The van der Waals surface area contributed by atoms with Gasteiger partial charge in [-0.1, -0.05) is 0 Å². The summed E-state index contributed by atoms with van der Waals surface area (Å²) in [6.07, 6.45) is 0.555. The molecule has 0 fully saturated rings. The topological polar surface area (TPSA) is 89.3 Å². The Bertz CT molecular complexity index is 748. The maximum Gasteiger partial charge on any atom is 0.261 e. The minimum Gasteiger partial charge on any atom is -0.351 e. The average Bonchev–Trinajstić information content (AvgIpc) is 2.97. The Morgan fingerprint density at radius 1 is 1.29 bits per heavy atom. The summed E-state index contributed by atoms with van der Waals surface area (Å²) in [5.41, 5.74) is 0. The highest BCUT2D eigenvalue weighted by Crippen LogP contribution is 2.32. The molecule has 0 saturated heterocycles. The molecule has 2 aromatic rings. The van der Waals surface area contributed by atoms with Gasteiger partial charge in [-0.25, -0.2) is 13.6 Å². The van der Waals surface area contributed by atoms with E-state index in [1.165, 1.54) is 17.4 Å². The molecule has 0 bridgehead atoms. The Kier molecular flexibility index (Phi) is 5.60. The molecule has 0 atom stereocenters. The third kappa shape index (κ3) is 4.60. The third-order valence-electron chi connectivity index (χ3n) is 2.44. The lowest BCUT2D eigenvalue weighted by molar-refractivity contribution is 0.0958. The monoisotopic (exact) mass is 472 g/mol. The second-order valence-corrected chi connectivity index (χ2v) is 10.2. The summed E-state index contributed by atoms with van der Waals surface area (Å²) in [6, 6.07) is 4.92. The van der Waals surface area contributed by atoms with E-state index in [-0.39, 0.29) is 10.1 Å². The molecule has 3 N–H and O–H groups in total. The van der Waals surface area contributed by atoms with Gasteiger partial charge in [0.25, 0.3) is 5.91 Å². The number of thiophene rings is 2. The number of halogens is 2. The highest BCUT2D eigenvalue weighted by Gasteiger charge is 2.13. The molecule has 0 unspecified atom stereocenters. The van der Waals surface area contributed by atoms with Gasteiger partial charge in [-0.2, -0.15) is 0 Å². The summed E-state index contributed by atoms with van der Waals surface area (Å²) < 4.78 is 24.2. The molecule has 21 heavy (non-hydrogen) atoms. The third-order valence-corrected chi connectivity index (χ3v) is 8.28. The lowest BCUT2D eigenvalue weighted by Crippen LogP contribution is -2.24. The Morgan fingerprint density at radius 3 is 2.52 bits per heavy atom. The molecule has 2 rings (SSSR count). The van der Waals surface area contributed by atoms with Crippen molar-refractivity contribution < 1.29 is 13.2 Å². The van der Waals surface area contributed by atoms with Crippen molar-refractivity contribution in [1.82, 2.24) is 5.32 Å². The number of hydrogen-bond acceptors (Lipinski definition) is 5.